The topological polar surface area (TPSA) is 47.6 Å². The van der Waals surface area contributed by atoms with Gasteiger partial charge in [-0.3, -0.25) is 4.79 Å². The summed E-state index contributed by atoms with van der Waals surface area (Å²) in [7, 11) is 1.24. The lowest BCUT2D eigenvalue weighted by atomic mass is 10.2. The molecule has 0 aromatic rings. The first kappa shape index (κ1) is 14.2. The van der Waals surface area contributed by atoms with Crippen LogP contribution in [0.2, 0.25) is 0 Å². The van der Waals surface area contributed by atoms with Crippen LogP contribution in [-0.2, 0) is 14.3 Å². The van der Waals surface area contributed by atoms with E-state index >= 15 is 0 Å². The summed E-state index contributed by atoms with van der Waals surface area (Å²) in [6.07, 6.45) is -2.53. The average Bonchev–Trinajstić information content (AvgIpc) is 2.14. The number of carbonyl (C=O) groups is 1. The molecular formula is C9H17F2NO3. The first-order chi connectivity index (χ1) is 6.97. The number of nitrogens with one attached hydrogen (secondary N) is 1. The molecule has 1 unspecified atom stereocenters. The molecular weight excluding hydrogens is 208 g/mol. The molecule has 15 heavy (non-hydrogen) atoms. The van der Waals surface area contributed by atoms with Crippen LogP contribution in [0.25, 0.3) is 0 Å². The molecule has 1 N–H and O–H groups in total. The molecule has 4 nitrogen and oxygen atoms in total. The molecule has 0 heterocycles. The molecule has 0 amide bonds. The molecule has 90 valence electrons. The molecule has 0 aliphatic rings. The zero-order valence-corrected chi connectivity index (χ0v) is 9.13. The summed E-state index contributed by atoms with van der Waals surface area (Å²) in [5.74, 6) is -0.516. The number of hydrogen-bond acceptors (Lipinski definition) is 4. The van der Waals surface area contributed by atoms with E-state index in [0.717, 1.165) is 0 Å². The Morgan fingerprint density at radius 2 is 1.93 bits per heavy atom. The van der Waals surface area contributed by atoms with Crippen molar-refractivity contribution in [3.8, 4) is 0 Å². The van der Waals surface area contributed by atoms with Crippen molar-refractivity contribution in [2.75, 3.05) is 20.3 Å². The molecule has 0 radical (unpaired) electrons. The maximum atomic E-state index is 11.8. The minimum absolute atomic E-state index is 0.0456. The molecule has 6 heteroatoms. The van der Waals surface area contributed by atoms with E-state index in [2.05, 4.69) is 14.8 Å². The predicted octanol–water partition coefficient (Wildman–Crippen LogP) is 0.808. The number of halogens is 2. The number of carbonyl (C=O) groups excluding carboxylic acids is 1. The van der Waals surface area contributed by atoms with E-state index < -0.39 is 25.0 Å². The van der Waals surface area contributed by atoms with Crippen molar-refractivity contribution in [3.63, 3.8) is 0 Å². The number of ether oxygens (including phenoxy) is 2. The van der Waals surface area contributed by atoms with Crippen molar-refractivity contribution < 1.29 is 23.0 Å². The second-order valence-electron chi connectivity index (χ2n) is 3.33. The first-order valence-corrected chi connectivity index (χ1v) is 4.67. The van der Waals surface area contributed by atoms with Crippen molar-refractivity contribution in [2.45, 2.75) is 32.4 Å². The first-order valence-electron chi connectivity index (χ1n) is 4.67. The Hall–Kier alpha value is -0.750. The minimum Gasteiger partial charge on any atom is -0.468 e. The molecule has 0 aliphatic heterocycles. The van der Waals surface area contributed by atoms with E-state index in [1.54, 1.807) is 0 Å². The zero-order valence-electron chi connectivity index (χ0n) is 9.13. The largest absolute Gasteiger partial charge is 0.468 e. The average molecular weight is 225 g/mol. The summed E-state index contributed by atoms with van der Waals surface area (Å²) >= 11 is 0. The fraction of sp³-hybridized carbons (Fsp3) is 0.889. The Morgan fingerprint density at radius 3 is 2.33 bits per heavy atom. The van der Waals surface area contributed by atoms with Gasteiger partial charge in [0.1, 0.15) is 12.6 Å². The second-order valence-corrected chi connectivity index (χ2v) is 3.33. The van der Waals surface area contributed by atoms with E-state index in [0.29, 0.717) is 0 Å². The maximum absolute atomic E-state index is 11.8. The molecule has 0 aliphatic carbocycles. The van der Waals surface area contributed by atoms with E-state index in [1.807, 2.05) is 13.8 Å². The van der Waals surface area contributed by atoms with Crippen molar-refractivity contribution in [2.24, 2.45) is 0 Å². The molecule has 0 rings (SSSR count). The van der Waals surface area contributed by atoms with Gasteiger partial charge in [-0.1, -0.05) is 13.8 Å². The van der Waals surface area contributed by atoms with E-state index in [1.165, 1.54) is 7.11 Å². The monoisotopic (exact) mass is 225 g/mol. The van der Waals surface area contributed by atoms with Crippen LogP contribution in [0.5, 0.6) is 0 Å². The van der Waals surface area contributed by atoms with Crippen molar-refractivity contribution >= 4 is 5.97 Å². The van der Waals surface area contributed by atoms with Gasteiger partial charge in [-0.15, -0.1) is 0 Å². The summed E-state index contributed by atoms with van der Waals surface area (Å²) in [5, 5.41) is 2.86. The summed E-state index contributed by atoms with van der Waals surface area (Å²) < 4.78 is 32.7. The highest BCUT2D eigenvalue weighted by Gasteiger charge is 2.20. The Balaban J connectivity index is 3.96. The van der Waals surface area contributed by atoms with Gasteiger partial charge in [0.25, 0.3) is 6.43 Å². The van der Waals surface area contributed by atoms with E-state index in [9.17, 15) is 13.6 Å². The lowest BCUT2D eigenvalue weighted by Crippen LogP contribution is -2.45. The standard InChI is InChI=1S/C9H17F2NO3/c1-6(2)12-7(9(13)14-3)4-15-5-8(10)11/h6-8,12H,4-5H2,1-3H3. The van der Waals surface area contributed by atoms with Crippen LogP contribution < -0.4 is 5.32 Å². The lowest BCUT2D eigenvalue weighted by Gasteiger charge is -2.18. The molecule has 0 saturated heterocycles. The Bertz CT molecular complexity index is 188. The number of alkyl halides is 2. The van der Waals surface area contributed by atoms with Gasteiger partial charge in [0, 0.05) is 6.04 Å². The van der Waals surface area contributed by atoms with Crippen molar-refractivity contribution in [1.29, 1.82) is 0 Å². The van der Waals surface area contributed by atoms with Gasteiger partial charge in [0.2, 0.25) is 0 Å². The molecule has 0 bridgehead atoms. The highest BCUT2D eigenvalue weighted by Crippen LogP contribution is 1.97. The number of methoxy groups -OCH3 is 1. The minimum atomic E-state index is -2.53. The third-order valence-corrected chi connectivity index (χ3v) is 1.55. The third kappa shape index (κ3) is 7.21. The Labute approximate surface area is 87.9 Å². The van der Waals surface area contributed by atoms with E-state index in [4.69, 9.17) is 0 Å². The van der Waals surface area contributed by atoms with Gasteiger partial charge in [0.05, 0.1) is 13.7 Å². The van der Waals surface area contributed by atoms with Crippen LogP contribution in [0.15, 0.2) is 0 Å². The van der Waals surface area contributed by atoms with Crippen molar-refractivity contribution in [3.05, 3.63) is 0 Å². The van der Waals surface area contributed by atoms with Crippen LogP contribution in [0.4, 0.5) is 8.78 Å². The highest BCUT2D eigenvalue weighted by atomic mass is 19.3. The molecule has 0 aromatic heterocycles. The molecule has 0 fully saturated rings. The van der Waals surface area contributed by atoms with Gasteiger partial charge in [-0.05, 0) is 0 Å². The fourth-order valence-corrected chi connectivity index (χ4v) is 1.00. The number of hydrogen-bond donors (Lipinski definition) is 1. The third-order valence-electron chi connectivity index (χ3n) is 1.55. The Kier molecular flexibility index (Phi) is 7.15. The fourth-order valence-electron chi connectivity index (χ4n) is 1.00. The summed E-state index contributed by atoms with van der Waals surface area (Å²) in [6, 6.07) is -0.655. The summed E-state index contributed by atoms with van der Waals surface area (Å²) in [5.41, 5.74) is 0. The predicted molar refractivity (Wildman–Crippen MR) is 50.9 cm³/mol. The lowest BCUT2D eigenvalue weighted by molar-refractivity contribution is -0.145. The maximum Gasteiger partial charge on any atom is 0.325 e. The van der Waals surface area contributed by atoms with Gasteiger partial charge in [0.15, 0.2) is 0 Å². The van der Waals surface area contributed by atoms with Gasteiger partial charge >= 0.3 is 5.97 Å². The number of rotatable bonds is 7. The summed E-state index contributed by atoms with van der Waals surface area (Å²) in [4.78, 5) is 11.2. The van der Waals surface area contributed by atoms with Gasteiger partial charge in [-0.2, -0.15) is 0 Å². The molecule has 0 aromatic carbocycles. The number of esters is 1. The summed E-state index contributed by atoms with van der Waals surface area (Å²) in [6.45, 7) is 2.88. The highest BCUT2D eigenvalue weighted by molar-refractivity contribution is 5.75. The second kappa shape index (κ2) is 7.53. The van der Waals surface area contributed by atoms with Crippen LogP contribution in [0.1, 0.15) is 13.8 Å². The Morgan fingerprint density at radius 1 is 1.33 bits per heavy atom. The van der Waals surface area contributed by atoms with E-state index in [-0.39, 0.29) is 12.6 Å². The quantitative estimate of drug-likeness (QED) is 0.651. The van der Waals surface area contributed by atoms with Gasteiger partial charge < -0.3 is 14.8 Å². The SMILES string of the molecule is COC(=O)C(COCC(F)F)NC(C)C. The van der Waals surface area contributed by atoms with Crippen LogP contribution in [-0.4, -0.2) is 44.8 Å². The smallest absolute Gasteiger partial charge is 0.325 e. The molecule has 0 saturated carbocycles. The molecule has 0 spiro atoms. The van der Waals surface area contributed by atoms with Gasteiger partial charge in [-0.25, -0.2) is 8.78 Å². The van der Waals surface area contributed by atoms with Crippen LogP contribution >= 0.6 is 0 Å². The zero-order chi connectivity index (χ0) is 11.8. The van der Waals surface area contributed by atoms with Crippen LogP contribution in [0, 0.1) is 0 Å². The van der Waals surface area contributed by atoms with Crippen molar-refractivity contribution in [1.82, 2.24) is 5.32 Å². The normalized spacial score (nSPS) is 13.3. The van der Waals surface area contributed by atoms with Crippen LogP contribution in [0.3, 0.4) is 0 Å². The molecule has 1 atom stereocenters.